The van der Waals surface area contributed by atoms with E-state index in [4.69, 9.17) is 22.3 Å². The number of amides is 2. The fourth-order valence-electron chi connectivity index (χ4n) is 5.83. The van der Waals surface area contributed by atoms with E-state index in [1.54, 1.807) is 15.9 Å². The summed E-state index contributed by atoms with van der Waals surface area (Å²) in [6.45, 7) is 1.03. The Hall–Kier alpha value is -4.89. The summed E-state index contributed by atoms with van der Waals surface area (Å²) in [7, 11) is 0. The number of nitrogens with zero attached hydrogens (tertiary/aromatic N) is 6. The van der Waals surface area contributed by atoms with Gasteiger partial charge in [0.1, 0.15) is 6.33 Å². The Balaban J connectivity index is 1.30. The van der Waals surface area contributed by atoms with Gasteiger partial charge in [0.25, 0.3) is 0 Å². The summed E-state index contributed by atoms with van der Waals surface area (Å²) in [5, 5.41) is 12.2. The molecule has 0 saturated carbocycles. The normalized spacial score (nSPS) is 14.4. The van der Waals surface area contributed by atoms with Crippen molar-refractivity contribution >= 4 is 23.4 Å². The Labute approximate surface area is 254 Å². The number of hydrogen-bond acceptors (Lipinski definition) is 6. The van der Waals surface area contributed by atoms with E-state index in [1.807, 2.05) is 30.5 Å². The second kappa shape index (κ2) is 12.5. The third-order valence-corrected chi connectivity index (χ3v) is 8.30. The van der Waals surface area contributed by atoms with Crippen LogP contribution in [0.25, 0.3) is 16.8 Å². The van der Waals surface area contributed by atoms with Gasteiger partial charge in [0, 0.05) is 47.0 Å². The van der Waals surface area contributed by atoms with Crippen LogP contribution in [0, 0.1) is 0 Å². The Kier molecular flexibility index (Phi) is 8.24. The number of piperidine rings is 1. The molecular weight excluding hydrogens is 562 g/mol. The Bertz CT molecular complexity index is 1720. The van der Waals surface area contributed by atoms with Gasteiger partial charge in [0.05, 0.1) is 5.69 Å². The van der Waals surface area contributed by atoms with Gasteiger partial charge < -0.3 is 10.6 Å². The molecule has 1 atom stereocenters. The van der Waals surface area contributed by atoms with E-state index in [-0.39, 0.29) is 11.8 Å². The van der Waals surface area contributed by atoms with Crippen molar-refractivity contribution in [3.8, 4) is 16.8 Å². The van der Waals surface area contributed by atoms with Gasteiger partial charge in [-0.1, -0.05) is 72.3 Å². The quantitative estimate of drug-likeness (QED) is 0.268. The lowest BCUT2D eigenvalue weighted by Gasteiger charge is -2.31. The van der Waals surface area contributed by atoms with Crippen molar-refractivity contribution in [3.63, 3.8) is 0 Å². The number of halogens is 1. The second-order valence-corrected chi connectivity index (χ2v) is 11.2. The first-order chi connectivity index (χ1) is 21.0. The average Bonchev–Trinajstić information content (AvgIpc) is 3.59. The summed E-state index contributed by atoms with van der Waals surface area (Å²) in [5.74, 6) is -1.19. The van der Waals surface area contributed by atoms with Crippen LogP contribution >= 0.6 is 11.6 Å². The molecule has 0 aliphatic carbocycles. The lowest BCUT2D eigenvalue weighted by Crippen LogP contribution is -2.44. The highest BCUT2D eigenvalue weighted by Gasteiger charge is 2.27. The van der Waals surface area contributed by atoms with Crippen LogP contribution in [0.15, 0.2) is 97.5 Å². The Morgan fingerprint density at radius 1 is 0.953 bits per heavy atom. The fraction of sp³-hybridized carbons (Fsp3) is 0.212. The first kappa shape index (κ1) is 28.2. The van der Waals surface area contributed by atoms with E-state index in [9.17, 15) is 9.59 Å². The predicted molar refractivity (Wildman–Crippen MR) is 164 cm³/mol. The fourth-order valence-corrected chi connectivity index (χ4v) is 6.00. The van der Waals surface area contributed by atoms with E-state index >= 15 is 0 Å². The van der Waals surface area contributed by atoms with Gasteiger partial charge in [-0.05, 0) is 76.6 Å². The molecule has 0 unspecified atom stereocenters. The number of benzene rings is 3. The minimum atomic E-state index is -0.898. The summed E-state index contributed by atoms with van der Waals surface area (Å²) < 4.78 is 1.61. The molecule has 1 saturated heterocycles. The van der Waals surface area contributed by atoms with Crippen LogP contribution in [0.1, 0.15) is 47.1 Å². The number of likely N-dealkylation sites (tertiary alicyclic amines) is 1. The van der Waals surface area contributed by atoms with Gasteiger partial charge in [0.2, 0.25) is 0 Å². The molecular formula is C33H30ClN7O2. The largest absolute Gasteiger partial charge is 0.361 e. The number of rotatable bonds is 7. The third-order valence-electron chi connectivity index (χ3n) is 8.07. The van der Waals surface area contributed by atoms with Crippen molar-refractivity contribution in [1.29, 1.82) is 0 Å². The molecule has 216 valence electrons. The van der Waals surface area contributed by atoms with Crippen LogP contribution in [-0.2, 0) is 16.0 Å². The van der Waals surface area contributed by atoms with E-state index in [0.717, 1.165) is 41.8 Å². The Morgan fingerprint density at radius 2 is 1.77 bits per heavy atom. The topological polar surface area (TPSA) is 120 Å². The van der Waals surface area contributed by atoms with Crippen molar-refractivity contribution in [2.24, 2.45) is 5.73 Å². The van der Waals surface area contributed by atoms with E-state index in [2.05, 4.69) is 76.2 Å². The van der Waals surface area contributed by atoms with Gasteiger partial charge >= 0.3 is 11.8 Å². The highest BCUT2D eigenvalue weighted by molar-refractivity contribution is 6.34. The number of pyridine rings is 1. The van der Waals surface area contributed by atoms with Crippen molar-refractivity contribution in [1.82, 2.24) is 30.1 Å². The van der Waals surface area contributed by atoms with Gasteiger partial charge in [0.15, 0.2) is 0 Å². The monoisotopic (exact) mass is 591 g/mol. The van der Waals surface area contributed by atoms with E-state index in [0.29, 0.717) is 18.1 Å². The van der Waals surface area contributed by atoms with E-state index in [1.165, 1.54) is 16.7 Å². The van der Waals surface area contributed by atoms with Crippen molar-refractivity contribution in [2.45, 2.75) is 31.1 Å². The highest BCUT2D eigenvalue weighted by Crippen LogP contribution is 2.35. The Morgan fingerprint density at radius 3 is 2.47 bits per heavy atom. The van der Waals surface area contributed by atoms with Crippen LogP contribution in [-0.4, -0.2) is 55.0 Å². The SMILES string of the molecule is NC(=O)C(=O)N1CCC(c2cccc([C@H](Cc3ccccc3)c3ccc(-c4cc(Cl)ccc4-n4cnnn4)cn3)c2)CC1. The summed E-state index contributed by atoms with van der Waals surface area (Å²) in [4.78, 5) is 29.9. The summed E-state index contributed by atoms with van der Waals surface area (Å²) in [6.07, 6.45) is 5.78. The molecule has 5 aromatic rings. The molecule has 2 aromatic heterocycles. The number of nitrogens with two attached hydrogens (primary N) is 1. The summed E-state index contributed by atoms with van der Waals surface area (Å²) >= 11 is 6.38. The van der Waals surface area contributed by atoms with Crippen molar-refractivity contribution in [3.05, 3.63) is 125 Å². The summed E-state index contributed by atoms with van der Waals surface area (Å²) in [5.41, 5.74) is 12.4. The van der Waals surface area contributed by atoms with Crippen LogP contribution in [0.2, 0.25) is 5.02 Å². The molecule has 1 fully saturated rings. The van der Waals surface area contributed by atoms with Crippen LogP contribution in [0.5, 0.6) is 0 Å². The number of primary amides is 1. The number of hydrogen-bond donors (Lipinski definition) is 1. The lowest BCUT2D eigenvalue weighted by molar-refractivity contribution is -0.144. The molecule has 3 aromatic carbocycles. The number of carbonyl (C=O) groups is 2. The van der Waals surface area contributed by atoms with Crippen LogP contribution in [0.3, 0.4) is 0 Å². The first-order valence-corrected chi connectivity index (χ1v) is 14.6. The standard InChI is InChI=1S/C33H30ClN7O2/c34-27-10-12-31(41-21-37-38-39-41)29(19-27)26-9-11-30(36-20-26)28(17-22-5-2-1-3-6-22)25-8-4-7-24(18-25)23-13-15-40(16-14-23)33(43)32(35)42/h1-12,18-21,23,28H,13-17H2,(H2,35,42)/t28-/m0/s1. The molecule has 3 heterocycles. The van der Waals surface area contributed by atoms with Crippen molar-refractivity contribution < 1.29 is 9.59 Å². The van der Waals surface area contributed by atoms with E-state index < -0.39 is 11.8 Å². The van der Waals surface area contributed by atoms with Crippen LogP contribution < -0.4 is 5.73 Å². The zero-order valence-electron chi connectivity index (χ0n) is 23.4. The molecule has 2 amide bonds. The van der Waals surface area contributed by atoms with Gasteiger partial charge in [-0.15, -0.1) is 5.10 Å². The highest BCUT2D eigenvalue weighted by atomic mass is 35.5. The third kappa shape index (κ3) is 6.32. The lowest BCUT2D eigenvalue weighted by atomic mass is 9.84. The molecule has 1 aliphatic heterocycles. The molecule has 10 heteroatoms. The maximum atomic E-state index is 12.1. The molecule has 1 aliphatic rings. The number of tetrazole rings is 1. The van der Waals surface area contributed by atoms with Gasteiger partial charge in [-0.2, -0.15) is 4.68 Å². The molecule has 6 rings (SSSR count). The molecule has 9 nitrogen and oxygen atoms in total. The second-order valence-electron chi connectivity index (χ2n) is 10.7. The van der Waals surface area contributed by atoms with Gasteiger partial charge in [-0.3, -0.25) is 14.6 Å². The zero-order valence-corrected chi connectivity index (χ0v) is 24.1. The number of aromatic nitrogens is 5. The zero-order chi connectivity index (χ0) is 29.8. The predicted octanol–water partition coefficient (Wildman–Crippen LogP) is 4.94. The maximum Gasteiger partial charge on any atom is 0.311 e. The molecule has 43 heavy (non-hydrogen) atoms. The maximum absolute atomic E-state index is 12.1. The smallest absolute Gasteiger partial charge is 0.311 e. The first-order valence-electron chi connectivity index (χ1n) is 14.2. The molecule has 0 spiro atoms. The number of carbonyl (C=O) groups excluding carboxylic acids is 2. The van der Waals surface area contributed by atoms with Crippen molar-refractivity contribution in [2.75, 3.05) is 13.1 Å². The average molecular weight is 592 g/mol. The molecule has 0 bridgehead atoms. The minimum absolute atomic E-state index is 0.0197. The molecule has 2 N–H and O–H groups in total. The summed E-state index contributed by atoms with van der Waals surface area (Å²) in [6, 6.07) is 28.8. The van der Waals surface area contributed by atoms with Crippen LogP contribution in [0.4, 0.5) is 0 Å². The minimum Gasteiger partial charge on any atom is -0.361 e. The van der Waals surface area contributed by atoms with Gasteiger partial charge in [-0.25, -0.2) is 0 Å². The molecule has 0 radical (unpaired) electrons.